The van der Waals surface area contributed by atoms with E-state index in [2.05, 4.69) is 4.98 Å². The van der Waals surface area contributed by atoms with E-state index in [-0.39, 0.29) is 5.52 Å². The van der Waals surface area contributed by atoms with Crippen LogP contribution in [0.25, 0.3) is 32.9 Å². The van der Waals surface area contributed by atoms with E-state index in [0.717, 1.165) is 12.1 Å². The molecule has 0 aliphatic carbocycles. The molecule has 0 saturated carbocycles. The lowest BCUT2D eigenvalue weighted by Gasteiger charge is -2.15. The van der Waals surface area contributed by atoms with E-state index < -0.39 is 17.6 Å². The number of halogens is 4. The van der Waals surface area contributed by atoms with Gasteiger partial charge < -0.3 is 9.47 Å². The highest BCUT2D eigenvalue weighted by atomic mass is 19.4. The van der Waals surface area contributed by atoms with Gasteiger partial charge in [-0.15, -0.1) is 0 Å². The molecule has 0 spiro atoms. The molecule has 3 nitrogen and oxygen atoms in total. The lowest BCUT2D eigenvalue weighted by Crippen LogP contribution is -2.05. The first-order chi connectivity index (χ1) is 13.8. The van der Waals surface area contributed by atoms with Crippen molar-refractivity contribution in [2.75, 3.05) is 14.2 Å². The summed E-state index contributed by atoms with van der Waals surface area (Å²) in [6.45, 7) is 0. The molecule has 0 amide bonds. The Balaban J connectivity index is 2.12. The summed E-state index contributed by atoms with van der Waals surface area (Å²) in [6, 6.07) is 12.5. The molecule has 0 bridgehead atoms. The van der Waals surface area contributed by atoms with Gasteiger partial charge in [-0.3, -0.25) is 0 Å². The number of nitrogens with zero attached hydrogens (tertiary/aromatic N) is 1. The standard InChI is InChI=1S/C22H15F4NO2/c1-28-19-10-16-15-8-5-13(22(24,25)26)9-18(15)27-21(17(16)11-20(19)29-2)12-3-6-14(23)7-4-12/h3-11H,1-2H3. The molecule has 3 aromatic carbocycles. The van der Waals surface area contributed by atoms with Crippen molar-refractivity contribution >= 4 is 21.7 Å². The Kier molecular flexibility index (Phi) is 4.53. The normalized spacial score (nSPS) is 11.8. The van der Waals surface area contributed by atoms with Gasteiger partial charge in [0.15, 0.2) is 11.5 Å². The largest absolute Gasteiger partial charge is 0.493 e. The van der Waals surface area contributed by atoms with Crippen LogP contribution in [-0.2, 0) is 6.18 Å². The van der Waals surface area contributed by atoms with Crippen molar-refractivity contribution in [3.8, 4) is 22.8 Å². The summed E-state index contributed by atoms with van der Waals surface area (Å²) in [7, 11) is 2.97. The predicted octanol–water partition coefficient (Wildman–Crippen LogP) is 6.23. The first kappa shape index (κ1) is 19.0. The van der Waals surface area contributed by atoms with Gasteiger partial charge in [-0.2, -0.15) is 13.2 Å². The maximum absolute atomic E-state index is 13.4. The van der Waals surface area contributed by atoms with Crippen molar-refractivity contribution in [2.24, 2.45) is 0 Å². The molecule has 0 aliphatic heterocycles. The number of fused-ring (bicyclic) bond motifs is 3. The Hall–Kier alpha value is -3.35. The van der Waals surface area contributed by atoms with Gasteiger partial charge in [0, 0.05) is 16.3 Å². The summed E-state index contributed by atoms with van der Waals surface area (Å²) >= 11 is 0. The highest BCUT2D eigenvalue weighted by Crippen LogP contribution is 2.40. The summed E-state index contributed by atoms with van der Waals surface area (Å²) in [5.74, 6) is 0.478. The zero-order valence-corrected chi connectivity index (χ0v) is 15.5. The molecule has 1 heterocycles. The first-order valence-electron chi connectivity index (χ1n) is 8.64. The Bertz CT molecular complexity index is 1220. The minimum Gasteiger partial charge on any atom is -0.493 e. The van der Waals surface area contributed by atoms with Gasteiger partial charge in [0.05, 0.1) is 31.0 Å². The summed E-state index contributed by atoms with van der Waals surface area (Å²) in [5.41, 5.74) is 0.386. The van der Waals surface area contributed by atoms with E-state index >= 15 is 0 Å². The second-order valence-corrected chi connectivity index (χ2v) is 6.45. The van der Waals surface area contributed by atoms with E-state index in [9.17, 15) is 17.6 Å². The Morgan fingerprint density at radius 2 is 1.38 bits per heavy atom. The third kappa shape index (κ3) is 3.33. The van der Waals surface area contributed by atoms with Crippen LogP contribution in [-0.4, -0.2) is 19.2 Å². The summed E-state index contributed by atoms with van der Waals surface area (Å²) in [5, 5.41) is 1.85. The summed E-state index contributed by atoms with van der Waals surface area (Å²) < 4.78 is 63.7. The number of aromatic nitrogens is 1. The predicted molar refractivity (Wildman–Crippen MR) is 103 cm³/mol. The van der Waals surface area contributed by atoms with Gasteiger partial charge in [-0.05, 0) is 53.9 Å². The van der Waals surface area contributed by atoms with Crippen LogP contribution in [0.2, 0.25) is 0 Å². The van der Waals surface area contributed by atoms with Crippen LogP contribution in [0.5, 0.6) is 11.5 Å². The van der Waals surface area contributed by atoms with Crippen LogP contribution < -0.4 is 9.47 Å². The Morgan fingerprint density at radius 1 is 0.759 bits per heavy atom. The average molecular weight is 401 g/mol. The van der Waals surface area contributed by atoms with Crippen molar-refractivity contribution < 1.29 is 27.0 Å². The molecule has 148 valence electrons. The third-order valence-electron chi connectivity index (χ3n) is 4.74. The SMILES string of the molecule is COc1cc2c(-c3ccc(F)cc3)nc3cc(C(F)(F)F)ccc3c2cc1OC. The monoisotopic (exact) mass is 401 g/mol. The van der Waals surface area contributed by atoms with Crippen molar-refractivity contribution in [1.82, 2.24) is 4.98 Å². The highest BCUT2D eigenvalue weighted by molar-refractivity contribution is 6.12. The lowest BCUT2D eigenvalue weighted by atomic mass is 9.98. The number of methoxy groups -OCH3 is 2. The quantitative estimate of drug-likeness (QED) is 0.301. The maximum atomic E-state index is 13.4. The second-order valence-electron chi connectivity index (χ2n) is 6.45. The first-order valence-corrected chi connectivity index (χ1v) is 8.64. The van der Waals surface area contributed by atoms with E-state index in [1.54, 1.807) is 12.1 Å². The van der Waals surface area contributed by atoms with Gasteiger partial charge >= 0.3 is 6.18 Å². The zero-order valence-electron chi connectivity index (χ0n) is 15.5. The highest BCUT2D eigenvalue weighted by Gasteiger charge is 2.31. The van der Waals surface area contributed by atoms with Gasteiger partial charge in [-0.25, -0.2) is 9.37 Å². The van der Waals surface area contributed by atoms with Crippen LogP contribution in [0.1, 0.15) is 5.56 Å². The fraction of sp³-hybridized carbons (Fsp3) is 0.136. The molecule has 1 aromatic heterocycles. The molecule has 7 heteroatoms. The molecule has 4 aromatic rings. The van der Waals surface area contributed by atoms with Crippen LogP contribution in [0.15, 0.2) is 54.6 Å². The molecule has 0 unspecified atom stereocenters. The Morgan fingerprint density at radius 3 is 1.97 bits per heavy atom. The molecule has 0 N–H and O–H groups in total. The summed E-state index contributed by atoms with van der Waals surface area (Å²) in [6.07, 6.45) is -4.49. The number of alkyl halides is 3. The fourth-order valence-electron chi connectivity index (χ4n) is 3.33. The molecular weight excluding hydrogens is 386 g/mol. The molecule has 4 rings (SSSR count). The van der Waals surface area contributed by atoms with E-state index in [1.807, 2.05) is 0 Å². The fourth-order valence-corrected chi connectivity index (χ4v) is 3.33. The zero-order chi connectivity index (χ0) is 20.8. The van der Waals surface area contributed by atoms with Gasteiger partial charge in [0.2, 0.25) is 0 Å². The number of hydrogen-bond acceptors (Lipinski definition) is 3. The van der Waals surface area contributed by atoms with E-state index in [4.69, 9.17) is 9.47 Å². The van der Waals surface area contributed by atoms with Crippen LogP contribution >= 0.6 is 0 Å². The number of hydrogen-bond donors (Lipinski definition) is 0. The van der Waals surface area contributed by atoms with Gasteiger partial charge in [0.1, 0.15) is 5.82 Å². The number of ether oxygens (including phenoxy) is 2. The van der Waals surface area contributed by atoms with Crippen molar-refractivity contribution in [3.63, 3.8) is 0 Å². The number of benzene rings is 3. The molecule has 0 fully saturated rings. The number of pyridine rings is 1. The molecule has 0 radical (unpaired) electrons. The van der Waals surface area contributed by atoms with Crippen molar-refractivity contribution in [2.45, 2.75) is 6.18 Å². The minimum absolute atomic E-state index is 0.180. The maximum Gasteiger partial charge on any atom is 0.416 e. The van der Waals surface area contributed by atoms with Crippen LogP contribution in [0, 0.1) is 5.82 Å². The number of rotatable bonds is 3. The molecule has 0 saturated heterocycles. The van der Waals surface area contributed by atoms with Crippen LogP contribution in [0.3, 0.4) is 0 Å². The molecule has 29 heavy (non-hydrogen) atoms. The lowest BCUT2D eigenvalue weighted by molar-refractivity contribution is -0.137. The van der Waals surface area contributed by atoms with Crippen LogP contribution in [0.4, 0.5) is 17.6 Å². The van der Waals surface area contributed by atoms with E-state index in [1.165, 1.54) is 44.6 Å². The third-order valence-corrected chi connectivity index (χ3v) is 4.74. The molecule has 0 atom stereocenters. The van der Waals surface area contributed by atoms with Gasteiger partial charge in [0.25, 0.3) is 0 Å². The molecular formula is C22H15F4NO2. The topological polar surface area (TPSA) is 31.4 Å². The van der Waals surface area contributed by atoms with E-state index in [0.29, 0.717) is 38.9 Å². The van der Waals surface area contributed by atoms with Crippen molar-refractivity contribution in [3.05, 3.63) is 66.0 Å². The van der Waals surface area contributed by atoms with Gasteiger partial charge in [-0.1, -0.05) is 6.07 Å². The minimum atomic E-state index is -4.49. The van der Waals surface area contributed by atoms with Crippen molar-refractivity contribution in [1.29, 1.82) is 0 Å². The summed E-state index contributed by atoms with van der Waals surface area (Å²) in [4.78, 5) is 4.49. The second kappa shape index (κ2) is 6.92. The smallest absolute Gasteiger partial charge is 0.416 e. The Labute approximate surface area is 163 Å². The molecule has 0 aliphatic rings. The average Bonchev–Trinajstić information content (AvgIpc) is 2.71.